The molecule has 3 rings (SSSR count). The fourth-order valence-corrected chi connectivity index (χ4v) is 3.37. The minimum absolute atomic E-state index is 0.0798. The number of anilines is 2. The maximum atomic E-state index is 6.11. The highest BCUT2D eigenvalue weighted by molar-refractivity contribution is 5.53. The maximum absolute atomic E-state index is 6.11. The molecule has 0 bridgehead atoms. The van der Waals surface area contributed by atoms with Crippen molar-refractivity contribution in [3.63, 3.8) is 0 Å². The SMILES string of the molecule is CC1(C)CCC(CN2CCN(c3ccc(N)cc3)CC2)O1. The van der Waals surface area contributed by atoms with E-state index in [2.05, 4.69) is 35.8 Å². The number of hydrogen-bond donors (Lipinski definition) is 1. The largest absolute Gasteiger partial charge is 0.399 e. The summed E-state index contributed by atoms with van der Waals surface area (Å²) in [7, 11) is 0. The number of piperazine rings is 1. The summed E-state index contributed by atoms with van der Waals surface area (Å²) >= 11 is 0. The van der Waals surface area contributed by atoms with Crippen molar-refractivity contribution in [3.8, 4) is 0 Å². The van der Waals surface area contributed by atoms with Crippen molar-refractivity contribution >= 4 is 11.4 Å². The van der Waals surface area contributed by atoms with Crippen LogP contribution < -0.4 is 10.6 Å². The van der Waals surface area contributed by atoms with Crippen molar-refractivity contribution in [1.29, 1.82) is 0 Å². The molecule has 116 valence electrons. The van der Waals surface area contributed by atoms with Gasteiger partial charge in [0.2, 0.25) is 0 Å². The van der Waals surface area contributed by atoms with Gasteiger partial charge in [0.05, 0.1) is 11.7 Å². The normalized spacial score (nSPS) is 26.2. The molecule has 1 aromatic carbocycles. The Morgan fingerprint density at radius 2 is 1.81 bits per heavy atom. The van der Waals surface area contributed by atoms with Crippen molar-refractivity contribution in [2.24, 2.45) is 0 Å². The Bertz CT molecular complexity index is 463. The van der Waals surface area contributed by atoms with Crippen LogP contribution in [0.25, 0.3) is 0 Å². The first kappa shape index (κ1) is 14.7. The number of nitrogens with zero attached hydrogens (tertiary/aromatic N) is 2. The molecule has 0 aliphatic carbocycles. The van der Waals surface area contributed by atoms with Gasteiger partial charge < -0.3 is 15.4 Å². The van der Waals surface area contributed by atoms with Crippen LogP contribution in [0.2, 0.25) is 0 Å². The summed E-state index contributed by atoms with van der Waals surface area (Å²) in [4.78, 5) is 4.98. The summed E-state index contributed by atoms with van der Waals surface area (Å²) < 4.78 is 6.11. The molecule has 0 amide bonds. The summed E-state index contributed by atoms with van der Waals surface area (Å²) in [6.45, 7) is 9.88. The van der Waals surface area contributed by atoms with E-state index in [1.807, 2.05) is 12.1 Å². The minimum Gasteiger partial charge on any atom is -0.399 e. The lowest BCUT2D eigenvalue weighted by atomic mass is 10.1. The highest BCUT2D eigenvalue weighted by Crippen LogP contribution is 2.30. The predicted octanol–water partition coefficient (Wildman–Crippen LogP) is 2.35. The van der Waals surface area contributed by atoms with E-state index in [0.29, 0.717) is 6.10 Å². The van der Waals surface area contributed by atoms with E-state index >= 15 is 0 Å². The molecule has 2 heterocycles. The number of nitrogens with two attached hydrogens (primary N) is 1. The van der Waals surface area contributed by atoms with E-state index in [4.69, 9.17) is 10.5 Å². The molecule has 0 saturated carbocycles. The molecule has 0 aromatic heterocycles. The van der Waals surface area contributed by atoms with E-state index in [1.165, 1.54) is 18.5 Å². The fraction of sp³-hybridized carbons (Fsp3) is 0.647. The molecule has 0 radical (unpaired) electrons. The van der Waals surface area contributed by atoms with Gasteiger partial charge in [-0.3, -0.25) is 4.90 Å². The lowest BCUT2D eigenvalue weighted by Gasteiger charge is -2.37. The Morgan fingerprint density at radius 3 is 2.38 bits per heavy atom. The Labute approximate surface area is 127 Å². The van der Waals surface area contributed by atoms with Crippen LogP contribution in [-0.4, -0.2) is 49.3 Å². The molecule has 21 heavy (non-hydrogen) atoms. The Kier molecular flexibility index (Phi) is 4.09. The van der Waals surface area contributed by atoms with E-state index < -0.39 is 0 Å². The molecule has 0 spiro atoms. The van der Waals surface area contributed by atoms with Gasteiger partial charge in [-0.2, -0.15) is 0 Å². The standard InChI is InChI=1S/C17H27N3O/c1-17(2)8-7-16(21-17)13-19-9-11-20(12-10-19)15-5-3-14(18)4-6-15/h3-6,16H,7-13,18H2,1-2H3. The topological polar surface area (TPSA) is 41.7 Å². The van der Waals surface area contributed by atoms with Gasteiger partial charge in [0.1, 0.15) is 0 Å². The molecule has 1 aromatic rings. The molecular formula is C17H27N3O. The fourth-order valence-electron chi connectivity index (χ4n) is 3.37. The van der Waals surface area contributed by atoms with Crippen LogP contribution in [0.1, 0.15) is 26.7 Å². The zero-order valence-corrected chi connectivity index (χ0v) is 13.2. The van der Waals surface area contributed by atoms with Crippen LogP contribution >= 0.6 is 0 Å². The summed E-state index contributed by atoms with van der Waals surface area (Å²) in [6.07, 6.45) is 2.80. The maximum Gasteiger partial charge on any atom is 0.0710 e. The molecule has 4 nitrogen and oxygen atoms in total. The van der Waals surface area contributed by atoms with E-state index in [1.54, 1.807) is 0 Å². The Morgan fingerprint density at radius 1 is 1.14 bits per heavy atom. The van der Waals surface area contributed by atoms with Crippen molar-refractivity contribution in [2.45, 2.75) is 38.4 Å². The van der Waals surface area contributed by atoms with Crippen LogP contribution in [0.15, 0.2) is 24.3 Å². The van der Waals surface area contributed by atoms with Crippen LogP contribution in [0.5, 0.6) is 0 Å². The average molecular weight is 289 g/mol. The second-order valence-electron chi connectivity index (χ2n) is 6.92. The minimum atomic E-state index is 0.0798. The average Bonchev–Trinajstić information content (AvgIpc) is 2.80. The first-order chi connectivity index (χ1) is 10.0. The van der Waals surface area contributed by atoms with Gasteiger partial charge in [-0.15, -0.1) is 0 Å². The lowest BCUT2D eigenvalue weighted by molar-refractivity contribution is -0.0291. The zero-order chi connectivity index (χ0) is 14.9. The molecule has 2 aliphatic heterocycles. The van der Waals surface area contributed by atoms with Crippen molar-refractivity contribution in [1.82, 2.24) is 4.90 Å². The number of benzene rings is 1. The molecule has 1 unspecified atom stereocenters. The first-order valence-corrected chi connectivity index (χ1v) is 8.02. The van der Waals surface area contributed by atoms with Crippen molar-refractivity contribution in [2.75, 3.05) is 43.4 Å². The van der Waals surface area contributed by atoms with E-state index in [-0.39, 0.29) is 5.60 Å². The van der Waals surface area contributed by atoms with Gasteiger partial charge in [0.15, 0.2) is 0 Å². The van der Waals surface area contributed by atoms with Gasteiger partial charge >= 0.3 is 0 Å². The molecule has 2 saturated heterocycles. The van der Waals surface area contributed by atoms with Crippen molar-refractivity contribution in [3.05, 3.63) is 24.3 Å². The number of ether oxygens (including phenoxy) is 1. The monoisotopic (exact) mass is 289 g/mol. The number of hydrogen-bond acceptors (Lipinski definition) is 4. The molecule has 1 atom stereocenters. The Balaban J connectivity index is 1.48. The molecule has 2 N–H and O–H groups in total. The van der Waals surface area contributed by atoms with Crippen LogP contribution in [0, 0.1) is 0 Å². The van der Waals surface area contributed by atoms with E-state index in [9.17, 15) is 0 Å². The summed E-state index contributed by atoms with van der Waals surface area (Å²) in [5.74, 6) is 0. The lowest BCUT2D eigenvalue weighted by Crippen LogP contribution is -2.48. The third-order valence-electron chi connectivity index (χ3n) is 4.65. The highest BCUT2D eigenvalue weighted by Gasteiger charge is 2.33. The molecule has 4 heteroatoms. The zero-order valence-electron chi connectivity index (χ0n) is 13.2. The predicted molar refractivity (Wildman–Crippen MR) is 87.7 cm³/mol. The smallest absolute Gasteiger partial charge is 0.0710 e. The summed E-state index contributed by atoms with van der Waals surface area (Å²) in [6, 6.07) is 8.20. The van der Waals surface area contributed by atoms with Crippen molar-refractivity contribution < 1.29 is 4.74 Å². The van der Waals surface area contributed by atoms with Gasteiger partial charge in [0.25, 0.3) is 0 Å². The van der Waals surface area contributed by atoms with Crippen LogP contribution in [-0.2, 0) is 4.74 Å². The van der Waals surface area contributed by atoms with Crippen LogP contribution in [0.4, 0.5) is 11.4 Å². The second-order valence-corrected chi connectivity index (χ2v) is 6.92. The van der Waals surface area contributed by atoms with Gasteiger partial charge in [0, 0.05) is 44.1 Å². The number of nitrogen functional groups attached to an aromatic ring is 1. The summed E-state index contributed by atoms with van der Waals surface area (Å²) in [5.41, 5.74) is 7.94. The van der Waals surface area contributed by atoms with Crippen LogP contribution in [0.3, 0.4) is 0 Å². The Hall–Kier alpha value is -1.26. The van der Waals surface area contributed by atoms with Gasteiger partial charge in [-0.05, 0) is 51.0 Å². The molecule has 2 fully saturated rings. The summed E-state index contributed by atoms with van der Waals surface area (Å²) in [5, 5.41) is 0. The van der Waals surface area contributed by atoms with E-state index in [0.717, 1.165) is 38.4 Å². The highest BCUT2D eigenvalue weighted by atomic mass is 16.5. The third-order valence-corrected chi connectivity index (χ3v) is 4.65. The second kappa shape index (κ2) is 5.85. The van der Waals surface area contributed by atoms with Gasteiger partial charge in [-0.1, -0.05) is 0 Å². The molecule has 2 aliphatic rings. The quantitative estimate of drug-likeness (QED) is 0.867. The van der Waals surface area contributed by atoms with Gasteiger partial charge in [-0.25, -0.2) is 0 Å². The third kappa shape index (κ3) is 3.69. The molecular weight excluding hydrogens is 262 g/mol. The number of rotatable bonds is 3. The first-order valence-electron chi connectivity index (χ1n) is 8.02.